The van der Waals surface area contributed by atoms with Crippen LogP contribution in [0.3, 0.4) is 0 Å². The minimum atomic E-state index is -4.86. The van der Waals surface area contributed by atoms with E-state index in [1.807, 2.05) is 0 Å². The standard InChI is InChI=1S/C34H21F9N6O4S/c1-16-2-3-18(12-52-13-21-26(36)28(38)30(40)29(39)27(21)37)24(10-16)49-25(50)14-54-33(49)46-32(51)45-23-9-4-17(11-22(23)35)31-44-15-48(47-31)19-5-7-20(8-6-19)53-34(41,42)43/h2-11,15H,12-14H2,1H3,(H,45,51)/b46-33-. The van der Waals surface area contributed by atoms with Crippen molar-refractivity contribution in [3.05, 3.63) is 119 Å². The lowest BCUT2D eigenvalue weighted by atomic mass is 10.1. The van der Waals surface area contributed by atoms with Crippen molar-refractivity contribution in [2.45, 2.75) is 26.5 Å². The first-order valence-electron chi connectivity index (χ1n) is 15.2. The molecule has 1 aliphatic rings. The summed E-state index contributed by atoms with van der Waals surface area (Å²) in [7, 11) is 0. The second-order valence-corrected chi connectivity index (χ2v) is 12.2. The fourth-order valence-corrected chi connectivity index (χ4v) is 5.89. The zero-order valence-corrected chi connectivity index (χ0v) is 28.0. The molecule has 0 unspecified atom stereocenters. The third-order valence-electron chi connectivity index (χ3n) is 7.54. The molecule has 1 saturated heterocycles. The molecular formula is C34H21F9N6O4S. The number of alkyl halides is 3. The average Bonchev–Trinajstić information content (AvgIpc) is 3.76. The highest BCUT2D eigenvalue weighted by Gasteiger charge is 2.33. The van der Waals surface area contributed by atoms with E-state index < -0.39 is 77.7 Å². The minimum absolute atomic E-state index is 0.0457. The van der Waals surface area contributed by atoms with Crippen LogP contribution < -0.4 is 15.0 Å². The number of benzene rings is 4. The maximum Gasteiger partial charge on any atom is 0.573 e. The number of urea groups is 1. The summed E-state index contributed by atoms with van der Waals surface area (Å²) in [5, 5.41) is 6.37. The second-order valence-electron chi connectivity index (χ2n) is 11.3. The van der Waals surface area contributed by atoms with Crippen molar-refractivity contribution in [1.82, 2.24) is 14.8 Å². The molecule has 1 N–H and O–H groups in total. The van der Waals surface area contributed by atoms with Gasteiger partial charge in [0.1, 0.15) is 17.9 Å². The first kappa shape index (κ1) is 37.9. The highest BCUT2D eigenvalue weighted by Crippen LogP contribution is 2.33. The maximum absolute atomic E-state index is 15.2. The van der Waals surface area contributed by atoms with Gasteiger partial charge in [-0.3, -0.25) is 9.69 Å². The number of aliphatic imine (C=N–C) groups is 1. The molecule has 280 valence electrons. The molecule has 20 heteroatoms. The van der Waals surface area contributed by atoms with E-state index in [4.69, 9.17) is 4.74 Å². The van der Waals surface area contributed by atoms with E-state index in [2.05, 4.69) is 25.1 Å². The van der Waals surface area contributed by atoms with Gasteiger partial charge in [-0.1, -0.05) is 23.9 Å². The molecule has 54 heavy (non-hydrogen) atoms. The Bertz CT molecular complexity index is 2270. The van der Waals surface area contributed by atoms with Gasteiger partial charge >= 0.3 is 12.4 Å². The summed E-state index contributed by atoms with van der Waals surface area (Å²) in [5.74, 6) is -12.7. The molecule has 4 aromatic carbocycles. The number of hydrogen-bond donors (Lipinski definition) is 1. The number of rotatable bonds is 9. The van der Waals surface area contributed by atoms with Crippen LogP contribution in [0.25, 0.3) is 17.1 Å². The molecule has 1 fully saturated rings. The number of anilines is 2. The third kappa shape index (κ3) is 8.18. The summed E-state index contributed by atoms with van der Waals surface area (Å²) < 4.78 is 132. The third-order valence-corrected chi connectivity index (χ3v) is 8.47. The predicted molar refractivity (Wildman–Crippen MR) is 176 cm³/mol. The molecule has 2 heterocycles. The maximum atomic E-state index is 15.2. The van der Waals surface area contributed by atoms with Crippen molar-refractivity contribution < 1.29 is 58.6 Å². The molecule has 0 spiro atoms. The van der Waals surface area contributed by atoms with Gasteiger partial charge in [0.2, 0.25) is 11.7 Å². The Morgan fingerprint density at radius 1 is 0.907 bits per heavy atom. The van der Waals surface area contributed by atoms with Crippen molar-refractivity contribution in [3.8, 4) is 22.8 Å². The first-order valence-corrected chi connectivity index (χ1v) is 16.2. The second kappa shape index (κ2) is 15.2. The van der Waals surface area contributed by atoms with Gasteiger partial charge < -0.3 is 14.8 Å². The van der Waals surface area contributed by atoms with E-state index in [9.17, 15) is 44.7 Å². The van der Waals surface area contributed by atoms with Crippen molar-refractivity contribution >= 4 is 40.2 Å². The van der Waals surface area contributed by atoms with Crippen LogP contribution in [-0.2, 0) is 22.7 Å². The lowest BCUT2D eigenvalue weighted by Gasteiger charge is -2.20. The molecule has 0 aliphatic carbocycles. The molecule has 1 aromatic heterocycles. The molecule has 0 saturated carbocycles. The summed E-state index contributed by atoms with van der Waals surface area (Å²) in [6.07, 6.45) is -3.61. The Balaban J connectivity index is 1.15. The fraction of sp³-hybridized carbons (Fsp3) is 0.147. The molecular weight excluding hydrogens is 759 g/mol. The van der Waals surface area contributed by atoms with Crippen LogP contribution >= 0.6 is 11.8 Å². The van der Waals surface area contributed by atoms with Crippen LogP contribution in [0.15, 0.2) is 72.0 Å². The van der Waals surface area contributed by atoms with Crippen molar-refractivity contribution in [1.29, 1.82) is 0 Å². The van der Waals surface area contributed by atoms with Crippen LogP contribution in [0.4, 0.5) is 55.7 Å². The monoisotopic (exact) mass is 780 g/mol. The normalized spacial score (nSPS) is 13.9. The number of thioether (sulfide) groups is 1. The largest absolute Gasteiger partial charge is 0.573 e. The van der Waals surface area contributed by atoms with Gasteiger partial charge in [0.15, 0.2) is 34.3 Å². The topological polar surface area (TPSA) is 111 Å². The number of carbonyl (C=O) groups is 2. The van der Waals surface area contributed by atoms with Crippen molar-refractivity contribution in [2.24, 2.45) is 4.99 Å². The fourth-order valence-electron chi connectivity index (χ4n) is 5.03. The average molecular weight is 781 g/mol. The molecule has 1 aliphatic heterocycles. The van der Waals surface area contributed by atoms with Gasteiger partial charge in [0, 0.05) is 11.1 Å². The molecule has 10 nitrogen and oxygen atoms in total. The van der Waals surface area contributed by atoms with Crippen LogP contribution in [0.5, 0.6) is 5.75 Å². The molecule has 3 amide bonds. The van der Waals surface area contributed by atoms with Crippen LogP contribution in [-0.4, -0.2) is 44.0 Å². The number of aromatic nitrogens is 3. The number of halogens is 9. The van der Waals surface area contributed by atoms with Crippen molar-refractivity contribution in [3.63, 3.8) is 0 Å². The SMILES string of the molecule is Cc1ccc(COCc2c(F)c(F)c(F)c(F)c2F)c(N2C(=O)CS/C2=N\C(=O)Nc2ccc(-c3ncn(-c4ccc(OC(F)(F)F)cc4)n3)cc2F)c1. The van der Waals surface area contributed by atoms with E-state index in [-0.39, 0.29) is 39.2 Å². The van der Waals surface area contributed by atoms with E-state index in [0.717, 1.165) is 34.9 Å². The number of nitrogens with zero attached hydrogens (tertiary/aromatic N) is 5. The predicted octanol–water partition coefficient (Wildman–Crippen LogP) is 8.36. The van der Waals surface area contributed by atoms with Gasteiger partial charge in [0.25, 0.3) is 0 Å². The number of aryl methyl sites for hydroxylation is 1. The van der Waals surface area contributed by atoms with E-state index >= 15 is 4.39 Å². The number of ether oxygens (including phenoxy) is 2. The summed E-state index contributed by atoms with van der Waals surface area (Å²) in [6, 6.07) is 11.9. The highest BCUT2D eigenvalue weighted by molar-refractivity contribution is 8.15. The molecule has 0 bridgehead atoms. The quantitative estimate of drug-likeness (QED) is 0.0910. The Morgan fingerprint density at radius 3 is 2.26 bits per heavy atom. The Labute approximate surface area is 302 Å². The molecule has 5 aromatic rings. The number of amides is 3. The summed E-state index contributed by atoms with van der Waals surface area (Å²) in [4.78, 5) is 35.0. The van der Waals surface area contributed by atoms with E-state index in [0.29, 0.717) is 11.3 Å². The van der Waals surface area contributed by atoms with E-state index in [1.54, 1.807) is 13.0 Å². The summed E-state index contributed by atoms with van der Waals surface area (Å²) >= 11 is 0.881. The lowest BCUT2D eigenvalue weighted by Crippen LogP contribution is -2.31. The zero-order chi connectivity index (χ0) is 38.9. The van der Waals surface area contributed by atoms with Gasteiger partial charge in [-0.05, 0) is 61.0 Å². The number of nitrogens with one attached hydrogen (secondary N) is 1. The summed E-state index contributed by atoms with van der Waals surface area (Å²) in [6.45, 7) is 0.212. The van der Waals surface area contributed by atoms with Gasteiger partial charge in [-0.2, -0.15) is 4.99 Å². The molecule has 0 atom stereocenters. The van der Waals surface area contributed by atoms with Crippen LogP contribution in [0, 0.1) is 41.8 Å². The highest BCUT2D eigenvalue weighted by atomic mass is 32.2. The Kier molecular flexibility index (Phi) is 10.7. The Morgan fingerprint density at radius 2 is 1.59 bits per heavy atom. The molecule has 0 radical (unpaired) electrons. The van der Waals surface area contributed by atoms with E-state index in [1.165, 1.54) is 47.4 Å². The number of hydrogen-bond acceptors (Lipinski definition) is 7. The minimum Gasteiger partial charge on any atom is -0.406 e. The van der Waals surface area contributed by atoms with Crippen molar-refractivity contribution in [2.75, 3.05) is 16.0 Å². The lowest BCUT2D eigenvalue weighted by molar-refractivity contribution is -0.274. The number of amidine groups is 1. The van der Waals surface area contributed by atoms with Crippen LogP contribution in [0.1, 0.15) is 16.7 Å². The van der Waals surface area contributed by atoms with Gasteiger partial charge in [-0.25, -0.2) is 40.8 Å². The Hall–Kier alpha value is -5.89. The van der Waals surface area contributed by atoms with Crippen LogP contribution in [0.2, 0.25) is 0 Å². The van der Waals surface area contributed by atoms with Gasteiger partial charge in [-0.15, -0.1) is 18.3 Å². The first-order chi connectivity index (χ1) is 25.6. The zero-order valence-electron chi connectivity index (χ0n) is 27.2. The smallest absolute Gasteiger partial charge is 0.406 e. The van der Waals surface area contributed by atoms with Gasteiger partial charge in [0.05, 0.1) is 41.6 Å². The molecule has 6 rings (SSSR count). The summed E-state index contributed by atoms with van der Waals surface area (Å²) in [5.41, 5.74) is 0.0534. The number of carbonyl (C=O) groups excluding carboxylic acids is 2.